The summed E-state index contributed by atoms with van der Waals surface area (Å²) in [6, 6.07) is 7.79. The molecule has 0 spiro atoms. The molecule has 104 valence electrons. The third kappa shape index (κ3) is 3.03. The van der Waals surface area contributed by atoms with Gasteiger partial charge in [-0.15, -0.1) is 0 Å². The van der Waals surface area contributed by atoms with E-state index >= 15 is 0 Å². The maximum absolute atomic E-state index is 12.1. The lowest BCUT2D eigenvalue weighted by Gasteiger charge is -2.13. The molecular formula is C15H16IN3O. The van der Waals surface area contributed by atoms with Crippen molar-refractivity contribution in [2.24, 2.45) is 0 Å². The molecule has 0 radical (unpaired) electrons. The van der Waals surface area contributed by atoms with Gasteiger partial charge in [-0.2, -0.15) is 5.10 Å². The minimum absolute atomic E-state index is 0.0246. The third-order valence-electron chi connectivity index (χ3n) is 3.55. The van der Waals surface area contributed by atoms with Crippen LogP contribution in [0.1, 0.15) is 24.1 Å². The summed E-state index contributed by atoms with van der Waals surface area (Å²) in [5.41, 5.74) is 3.37. The smallest absolute Gasteiger partial charge is 0.246 e. The number of nitrogens with zero attached hydrogens (tertiary/aromatic N) is 2. The molecule has 0 fully saturated rings. The lowest BCUT2D eigenvalue weighted by molar-refractivity contribution is -0.116. The number of anilines is 1. The molecule has 0 saturated heterocycles. The topological polar surface area (TPSA) is 46.9 Å². The molecule has 0 unspecified atom stereocenters. The highest BCUT2D eigenvalue weighted by Crippen LogP contribution is 2.20. The van der Waals surface area contributed by atoms with Crippen LogP contribution in [-0.4, -0.2) is 15.7 Å². The SMILES string of the molecule is O=C(Cn1ncc2c1CCCC2)Nc1cccc(I)c1. The highest BCUT2D eigenvalue weighted by atomic mass is 127. The van der Waals surface area contributed by atoms with E-state index in [4.69, 9.17) is 0 Å². The van der Waals surface area contributed by atoms with Crippen molar-refractivity contribution >= 4 is 34.2 Å². The van der Waals surface area contributed by atoms with Gasteiger partial charge in [-0.05, 0) is 72.0 Å². The third-order valence-corrected chi connectivity index (χ3v) is 4.22. The number of carbonyl (C=O) groups is 1. The average molecular weight is 381 g/mol. The molecule has 0 bridgehead atoms. The summed E-state index contributed by atoms with van der Waals surface area (Å²) in [6.07, 6.45) is 6.46. The number of carbonyl (C=O) groups excluding carboxylic acids is 1. The maximum Gasteiger partial charge on any atom is 0.246 e. The second-order valence-electron chi connectivity index (χ2n) is 5.04. The number of aryl methyl sites for hydroxylation is 1. The summed E-state index contributed by atoms with van der Waals surface area (Å²) < 4.78 is 2.95. The van der Waals surface area contributed by atoms with Crippen molar-refractivity contribution in [1.29, 1.82) is 0 Å². The molecule has 1 amide bonds. The van der Waals surface area contributed by atoms with Gasteiger partial charge >= 0.3 is 0 Å². The monoisotopic (exact) mass is 381 g/mol. The van der Waals surface area contributed by atoms with Crippen molar-refractivity contribution in [3.8, 4) is 0 Å². The van der Waals surface area contributed by atoms with Gasteiger partial charge in [0, 0.05) is 15.0 Å². The number of amides is 1. The van der Waals surface area contributed by atoms with Gasteiger partial charge in [0.05, 0.1) is 6.20 Å². The van der Waals surface area contributed by atoms with E-state index in [9.17, 15) is 4.79 Å². The number of benzene rings is 1. The summed E-state index contributed by atoms with van der Waals surface area (Å²) >= 11 is 2.23. The lowest BCUT2D eigenvalue weighted by Crippen LogP contribution is -2.21. The first-order valence-electron chi connectivity index (χ1n) is 6.81. The predicted octanol–water partition coefficient (Wildman–Crippen LogP) is 3.01. The fraction of sp³-hybridized carbons (Fsp3) is 0.333. The van der Waals surface area contributed by atoms with Gasteiger partial charge in [-0.3, -0.25) is 9.48 Å². The molecule has 5 heteroatoms. The largest absolute Gasteiger partial charge is 0.324 e. The van der Waals surface area contributed by atoms with Crippen LogP contribution in [0.2, 0.25) is 0 Å². The molecular weight excluding hydrogens is 365 g/mol. The van der Waals surface area contributed by atoms with Gasteiger partial charge in [0.15, 0.2) is 0 Å². The van der Waals surface area contributed by atoms with E-state index in [2.05, 4.69) is 33.0 Å². The Morgan fingerprint density at radius 1 is 1.35 bits per heavy atom. The minimum atomic E-state index is -0.0246. The molecule has 0 aliphatic heterocycles. The second kappa shape index (κ2) is 5.95. The molecule has 3 rings (SSSR count). The fourth-order valence-electron chi connectivity index (χ4n) is 2.59. The molecule has 4 nitrogen and oxygen atoms in total. The Kier molecular flexibility index (Phi) is 4.05. The molecule has 20 heavy (non-hydrogen) atoms. The van der Waals surface area contributed by atoms with Crippen LogP contribution in [0.3, 0.4) is 0 Å². The zero-order valence-corrected chi connectivity index (χ0v) is 13.3. The molecule has 1 aliphatic carbocycles. The number of rotatable bonds is 3. The highest BCUT2D eigenvalue weighted by Gasteiger charge is 2.16. The summed E-state index contributed by atoms with van der Waals surface area (Å²) in [6.45, 7) is 0.292. The zero-order chi connectivity index (χ0) is 13.9. The minimum Gasteiger partial charge on any atom is -0.324 e. The van der Waals surface area contributed by atoms with Gasteiger partial charge < -0.3 is 5.32 Å². The Morgan fingerprint density at radius 2 is 2.20 bits per heavy atom. The zero-order valence-electron chi connectivity index (χ0n) is 11.1. The van der Waals surface area contributed by atoms with Crippen LogP contribution in [0.25, 0.3) is 0 Å². The van der Waals surface area contributed by atoms with Crippen LogP contribution >= 0.6 is 22.6 Å². The lowest BCUT2D eigenvalue weighted by atomic mass is 9.98. The first-order valence-corrected chi connectivity index (χ1v) is 7.89. The van der Waals surface area contributed by atoms with Gasteiger partial charge in [0.1, 0.15) is 6.54 Å². The van der Waals surface area contributed by atoms with Gasteiger partial charge in [-0.25, -0.2) is 0 Å². The Balaban J connectivity index is 1.69. The molecule has 0 saturated carbocycles. The summed E-state index contributed by atoms with van der Waals surface area (Å²) in [5, 5.41) is 7.27. The maximum atomic E-state index is 12.1. The van der Waals surface area contributed by atoms with E-state index in [1.165, 1.54) is 24.1 Å². The normalized spacial score (nSPS) is 13.8. The first kappa shape index (κ1) is 13.6. The van der Waals surface area contributed by atoms with Gasteiger partial charge in [0.25, 0.3) is 0 Å². The van der Waals surface area contributed by atoms with Crippen LogP contribution in [0, 0.1) is 3.57 Å². The van der Waals surface area contributed by atoms with Crippen molar-refractivity contribution in [3.63, 3.8) is 0 Å². The molecule has 1 heterocycles. The first-order chi connectivity index (χ1) is 9.72. The molecule has 1 aromatic heterocycles. The Morgan fingerprint density at radius 3 is 3.05 bits per heavy atom. The summed E-state index contributed by atoms with van der Waals surface area (Å²) in [7, 11) is 0. The Bertz CT molecular complexity index is 636. The predicted molar refractivity (Wildman–Crippen MR) is 86.7 cm³/mol. The van der Waals surface area contributed by atoms with E-state index in [1.54, 1.807) is 0 Å². The van der Waals surface area contributed by atoms with E-state index in [0.717, 1.165) is 22.1 Å². The van der Waals surface area contributed by atoms with Crippen LogP contribution < -0.4 is 5.32 Å². The second-order valence-corrected chi connectivity index (χ2v) is 6.29. The molecule has 0 atom stereocenters. The number of fused-ring (bicyclic) bond motifs is 1. The summed E-state index contributed by atoms with van der Waals surface area (Å²) in [5.74, 6) is -0.0246. The van der Waals surface area contributed by atoms with Gasteiger partial charge in [0.2, 0.25) is 5.91 Å². The average Bonchev–Trinajstić information content (AvgIpc) is 2.82. The molecule has 2 aromatic rings. The number of hydrogen-bond acceptors (Lipinski definition) is 2. The standard InChI is InChI=1S/C15H16IN3O/c16-12-5-3-6-13(8-12)18-15(20)10-19-14-7-2-1-4-11(14)9-17-19/h3,5-6,8-9H,1-2,4,7,10H2,(H,18,20). The van der Waals surface area contributed by atoms with Crippen molar-refractivity contribution < 1.29 is 4.79 Å². The Hall–Kier alpha value is -1.37. The molecule has 1 aliphatic rings. The van der Waals surface area contributed by atoms with E-state index < -0.39 is 0 Å². The van der Waals surface area contributed by atoms with Crippen molar-refractivity contribution in [3.05, 3.63) is 45.3 Å². The van der Waals surface area contributed by atoms with Crippen molar-refractivity contribution in [1.82, 2.24) is 9.78 Å². The van der Waals surface area contributed by atoms with Crippen molar-refractivity contribution in [2.75, 3.05) is 5.32 Å². The molecule has 1 N–H and O–H groups in total. The van der Waals surface area contributed by atoms with Crippen LogP contribution in [0.5, 0.6) is 0 Å². The van der Waals surface area contributed by atoms with Gasteiger partial charge in [-0.1, -0.05) is 6.07 Å². The van der Waals surface area contributed by atoms with Crippen molar-refractivity contribution in [2.45, 2.75) is 32.2 Å². The summed E-state index contributed by atoms with van der Waals surface area (Å²) in [4.78, 5) is 12.1. The van der Waals surface area contributed by atoms with E-state index in [1.807, 2.05) is 35.1 Å². The van der Waals surface area contributed by atoms with E-state index in [-0.39, 0.29) is 5.91 Å². The van der Waals surface area contributed by atoms with Crippen LogP contribution in [-0.2, 0) is 24.2 Å². The fourth-order valence-corrected chi connectivity index (χ4v) is 3.14. The number of nitrogens with one attached hydrogen (secondary N) is 1. The van der Waals surface area contributed by atoms with Crippen LogP contribution in [0.15, 0.2) is 30.5 Å². The highest BCUT2D eigenvalue weighted by molar-refractivity contribution is 14.1. The number of halogens is 1. The van der Waals surface area contributed by atoms with E-state index in [0.29, 0.717) is 6.54 Å². The molecule has 1 aromatic carbocycles. The quantitative estimate of drug-likeness (QED) is 0.832. The Labute approximate surface area is 131 Å². The number of hydrogen-bond donors (Lipinski definition) is 1. The number of aromatic nitrogens is 2. The van der Waals surface area contributed by atoms with Crippen LogP contribution in [0.4, 0.5) is 5.69 Å².